The van der Waals surface area contributed by atoms with E-state index >= 15 is 0 Å². The third kappa shape index (κ3) is 5.62. The highest BCUT2D eigenvalue weighted by Crippen LogP contribution is 2.41. The summed E-state index contributed by atoms with van der Waals surface area (Å²) >= 11 is 0. The summed E-state index contributed by atoms with van der Waals surface area (Å²) in [5.74, 6) is -0.685. The molecule has 0 saturated carbocycles. The van der Waals surface area contributed by atoms with Crippen LogP contribution in [0, 0.1) is 5.41 Å². The Kier molecular flexibility index (Phi) is 6.47. The maximum Gasteiger partial charge on any atom is 0.573 e. The Hall–Kier alpha value is -3.58. The van der Waals surface area contributed by atoms with E-state index < -0.39 is 27.9 Å². The number of sulfonamides is 1. The number of benzene rings is 2. The lowest BCUT2D eigenvalue weighted by Gasteiger charge is -2.25. The van der Waals surface area contributed by atoms with Crippen LogP contribution in [0.4, 0.5) is 18.0 Å². The lowest BCUT2D eigenvalue weighted by Crippen LogP contribution is -2.37. The van der Waals surface area contributed by atoms with Crippen LogP contribution < -0.4 is 9.88 Å². The first-order valence-corrected chi connectivity index (χ1v) is 12.2. The second kappa shape index (κ2) is 9.13. The Labute approximate surface area is 204 Å². The topological polar surface area (TPSA) is 119 Å². The van der Waals surface area contributed by atoms with Gasteiger partial charge in [0.05, 0.1) is 4.90 Å². The summed E-state index contributed by atoms with van der Waals surface area (Å²) in [5.41, 5.74) is 1.17. The molecule has 2 aromatic rings. The first-order chi connectivity index (χ1) is 16.7. The number of likely N-dealkylation sites (tertiary alicyclic amines) is 1. The van der Waals surface area contributed by atoms with Crippen molar-refractivity contribution in [2.75, 3.05) is 19.6 Å². The van der Waals surface area contributed by atoms with Crippen LogP contribution in [0.1, 0.15) is 22.8 Å². The molecule has 0 bridgehead atoms. The Morgan fingerprint density at radius 1 is 1.06 bits per heavy atom. The fraction of sp³-hybridized carbons (Fsp3) is 0.304. The summed E-state index contributed by atoms with van der Waals surface area (Å²) in [6.45, 7) is 2.67. The Morgan fingerprint density at radius 3 is 2.25 bits per heavy atom. The van der Waals surface area contributed by atoms with E-state index in [1.807, 2.05) is 6.92 Å². The van der Waals surface area contributed by atoms with Gasteiger partial charge in [0.15, 0.2) is 0 Å². The highest BCUT2D eigenvalue weighted by atomic mass is 32.2. The number of nitrogens with two attached hydrogens (primary N) is 1. The average Bonchev–Trinajstić information content (AvgIpc) is 3.28. The minimum Gasteiger partial charge on any atom is -0.445 e. The van der Waals surface area contributed by atoms with E-state index in [1.165, 1.54) is 46.2 Å². The van der Waals surface area contributed by atoms with E-state index in [0.29, 0.717) is 24.2 Å². The molecular formula is C23H22F3N3O6S. The molecule has 1 saturated heterocycles. The molecule has 2 aromatic carbocycles. The summed E-state index contributed by atoms with van der Waals surface area (Å²) in [5, 5.41) is 5.08. The number of ether oxygens (including phenoxy) is 2. The number of nitrogens with zero attached hydrogens (tertiary/aromatic N) is 2. The highest BCUT2D eigenvalue weighted by Gasteiger charge is 2.46. The molecule has 2 N–H and O–H groups in total. The molecule has 2 heterocycles. The summed E-state index contributed by atoms with van der Waals surface area (Å²) in [4.78, 5) is 28.4. The minimum absolute atomic E-state index is 0.0950. The van der Waals surface area contributed by atoms with Crippen molar-refractivity contribution in [3.63, 3.8) is 0 Å². The third-order valence-electron chi connectivity index (χ3n) is 5.98. The largest absolute Gasteiger partial charge is 0.573 e. The molecule has 1 fully saturated rings. The van der Waals surface area contributed by atoms with Crippen molar-refractivity contribution in [3.8, 4) is 5.75 Å². The minimum atomic E-state index is -4.79. The zero-order valence-corrected chi connectivity index (χ0v) is 19.8. The van der Waals surface area contributed by atoms with Gasteiger partial charge in [-0.3, -0.25) is 4.79 Å². The van der Waals surface area contributed by atoms with Crippen LogP contribution >= 0.6 is 0 Å². The molecule has 2 amide bonds. The number of carbonyl (C=O) groups excluding carboxylic acids is 2. The van der Waals surface area contributed by atoms with Gasteiger partial charge in [0, 0.05) is 36.8 Å². The van der Waals surface area contributed by atoms with Gasteiger partial charge in [-0.1, -0.05) is 19.1 Å². The lowest BCUT2D eigenvalue weighted by molar-refractivity contribution is -0.274. The fourth-order valence-corrected chi connectivity index (χ4v) is 4.68. The molecule has 0 aliphatic carbocycles. The van der Waals surface area contributed by atoms with Gasteiger partial charge >= 0.3 is 12.5 Å². The molecule has 9 nitrogen and oxygen atoms in total. The van der Waals surface area contributed by atoms with Crippen LogP contribution in [0.3, 0.4) is 0 Å². The standard InChI is InChI=1S/C23H22F3N3O6S/c1-22-13-28(20(30)16-4-8-19(9-5-16)36(27,32)33)10-17(22)11-29(14-22)21(31)34-12-15-2-6-18(7-3-15)35-23(24,25)26/h2-10H,11-14H2,1H3,(H2,27,32,33). The van der Waals surface area contributed by atoms with Gasteiger partial charge in [-0.05, 0) is 47.5 Å². The van der Waals surface area contributed by atoms with Gasteiger partial charge < -0.3 is 19.3 Å². The number of fused-ring (bicyclic) bond motifs is 1. The zero-order chi connectivity index (χ0) is 26.3. The first-order valence-electron chi connectivity index (χ1n) is 10.6. The molecule has 0 aromatic heterocycles. The zero-order valence-electron chi connectivity index (χ0n) is 19.0. The quantitative estimate of drug-likeness (QED) is 0.640. The summed E-state index contributed by atoms with van der Waals surface area (Å²) in [6.07, 6.45) is -3.69. The number of carbonyl (C=O) groups is 2. The van der Waals surface area contributed by atoms with Crippen molar-refractivity contribution in [3.05, 3.63) is 71.4 Å². The van der Waals surface area contributed by atoms with Crippen LogP contribution in [0.5, 0.6) is 5.75 Å². The molecule has 4 rings (SSSR count). The lowest BCUT2D eigenvalue weighted by atomic mass is 9.88. The maximum absolute atomic E-state index is 12.9. The fourth-order valence-electron chi connectivity index (χ4n) is 4.17. The number of hydrogen-bond acceptors (Lipinski definition) is 6. The summed E-state index contributed by atoms with van der Waals surface area (Å²) in [7, 11) is -3.86. The predicted molar refractivity (Wildman–Crippen MR) is 120 cm³/mol. The van der Waals surface area contributed by atoms with Gasteiger partial charge in [-0.2, -0.15) is 0 Å². The Morgan fingerprint density at radius 2 is 1.69 bits per heavy atom. The Balaban J connectivity index is 1.34. The van der Waals surface area contributed by atoms with Crippen LogP contribution in [0.15, 0.2) is 65.2 Å². The Bertz CT molecular complexity index is 1310. The van der Waals surface area contributed by atoms with Crippen molar-refractivity contribution in [1.82, 2.24) is 9.80 Å². The molecule has 0 spiro atoms. The smallest absolute Gasteiger partial charge is 0.445 e. The molecule has 36 heavy (non-hydrogen) atoms. The summed E-state index contributed by atoms with van der Waals surface area (Å²) in [6, 6.07) is 10.3. The SMILES string of the molecule is CC12CN(C(=O)c3ccc(S(N)(=O)=O)cc3)C=C1CN(C(=O)OCc1ccc(OC(F)(F)F)cc1)C2. The summed E-state index contributed by atoms with van der Waals surface area (Å²) < 4.78 is 68.7. The monoisotopic (exact) mass is 525 g/mol. The molecule has 0 radical (unpaired) electrons. The van der Waals surface area contributed by atoms with Crippen molar-refractivity contribution in [2.45, 2.75) is 24.8 Å². The van der Waals surface area contributed by atoms with Gasteiger partial charge in [-0.25, -0.2) is 18.4 Å². The van der Waals surface area contributed by atoms with E-state index in [0.717, 1.165) is 17.7 Å². The van der Waals surface area contributed by atoms with E-state index in [1.54, 1.807) is 6.20 Å². The highest BCUT2D eigenvalue weighted by molar-refractivity contribution is 7.89. The molecular weight excluding hydrogens is 503 g/mol. The van der Waals surface area contributed by atoms with E-state index in [2.05, 4.69) is 4.74 Å². The normalized spacial score (nSPS) is 19.6. The molecule has 13 heteroatoms. The molecule has 192 valence electrons. The van der Waals surface area contributed by atoms with Crippen molar-refractivity contribution in [1.29, 1.82) is 0 Å². The molecule has 2 aliphatic rings. The third-order valence-corrected chi connectivity index (χ3v) is 6.90. The number of amides is 2. The second-order valence-corrected chi connectivity index (χ2v) is 10.4. The van der Waals surface area contributed by atoms with Crippen molar-refractivity contribution in [2.24, 2.45) is 10.6 Å². The number of primary sulfonamides is 1. The molecule has 1 unspecified atom stereocenters. The van der Waals surface area contributed by atoms with Crippen LogP contribution in [0.2, 0.25) is 0 Å². The average molecular weight is 526 g/mol. The predicted octanol–water partition coefficient (Wildman–Crippen LogP) is 3.23. The van der Waals surface area contributed by atoms with Crippen molar-refractivity contribution >= 4 is 22.0 Å². The number of alkyl halides is 3. The van der Waals surface area contributed by atoms with Crippen LogP contribution in [-0.4, -0.2) is 56.2 Å². The van der Waals surface area contributed by atoms with E-state index in [-0.39, 0.29) is 29.7 Å². The van der Waals surface area contributed by atoms with E-state index in [4.69, 9.17) is 9.88 Å². The second-order valence-electron chi connectivity index (χ2n) is 8.82. The van der Waals surface area contributed by atoms with Gasteiger partial charge in [-0.15, -0.1) is 13.2 Å². The van der Waals surface area contributed by atoms with Crippen molar-refractivity contribution < 1.29 is 40.7 Å². The van der Waals surface area contributed by atoms with E-state index in [9.17, 15) is 31.2 Å². The first kappa shape index (κ1) is 25.5. The molecule has 1 atom stereocenters. The van der Waals surface area contributed by atoms with Gasteiger partial charge in [0.1, 0.15) is 12.4 Å². The number of halogens is 3. The van der Waals surface area contributed by atoms with Crippen LogP contribution in [0.25, 0.3) is 0 Å². The maximum atomic E-state index is 12.9. The number of hydrogen-bond donors (Lipinski definition) is 1. The van der Waals surface area contributed by atoms with Gasteiger partial charge in [0.2, 0.25) is 10.0 Å². The molecule has 2 aliphatic heterocycles. The van der Waals surface area contributed by atoms with Crippen LogP contribution in [-0.2, 0) is 21.4 Å². The van der Waals surface area contributed by atoms with Gasteiger partial charge in [0.25, 0.3) is 5.91 Å². The number of rotatable bonds is 5.